The Morgan fingerprint density at radius 1 is 1.20 bits per heavy atom. The summed E-state index contributed by atoms with van der Waals surface area (Å²) >= 11 is 0. The molecule has 1 rings (SSSR count). The number of ether oxygens (including phenoxy) is 1. The van der Waals surface area contributed by atoms with Gasteiger partial charge in [-0.2, -0.15) is 0 Å². The van der Waals surface area contributed by atoms with E-state index < -0.39 is 0 Å². The Bertz CT molecular complexity index is 317. The number of carbonyl (C=O) groups is 1. The number of piperidine rings is 1. The van der Waals surface area contributed by atoms with Crippen LogP contribution in [0.3, 0.4) is 0 Å². The third-order valence-corrected chi connectivity index (χ3v) is 4.18. The maximum Gasteiger partial charge on any atom is 0.302 e. The van der Waals surface area contributed by atoms with Crippen LogP contribution < -0.4 is 0 Å². The molecule has 1 aliphatic rings. The lowest BCUT2D eigenvalue weighted by Crippen LogP contribution is -2.42. The normalized spacial score (nSPS) is 19.1. The van der Waals surface area contributed by atoms with Gasteiger partial charge in [0.05, 0.1) is 0 Å². The highest BCUT2D eigenvalue weighted by atomic mass is 16.5. The number of hydrogen-bond acceptors (Lipinski definition) is 3. The number of nitrogens with zero attached hydrogens (tertiary/aromatic N) is 1. The summed E-state index contributed by atoms with van der Waals surface area (Å²) in [6.07, 6.45) is 8.44. The molecule has 0 aromatic rings. The van der Waals surface area contributed by atoms with Crippen LogP contribution in [0.2, 0.25) is 0 Å². The molecule has 0 aromatic carbocycles. The maximum absolute atomic E-state index is 10.7. The van der Waals surface area contributed by atoms with Crippen LogP contribution in [0.1, 0.15) is 59.8 Å². The molecule has 0 saturated carbocycles. The van der Waals surface area contributed by atoms with Crippen LogP contribution in [0.25, 0.3) is 0 Å². The standard InChI is InChI=1S/C17H31NO2/c1-14(2)17(18-11-6-5-7-12-18)9-8-15(3)10-13-20-16(4)19/h10,14,17H,5-9,11-13H2,1-4H3/b15-10+. The molecule has 0 bridgehead atoms. The third-order valence-electron chi connectivity index (χ3n) is 4.18. The lowest BCUT2D eigenvalue weighted by molar-refractivity contribution is -0.139. The van der Waals surface area contributed by atoms with Gasteiger partial charge < -0.3 is 9.64 Å². The monoisotopic (exact) mass is 281 g/mol. The van der Waals surface area contributed by atoms with Crippen LogP contribution in [0, 0.1) is 5.92 Å². The van der Waals surface area contributed by atoms with Gasteiger partial charge in [0.15, 0.2) is 0 Å². The Balaban J connectivity index is 2.39. The summed E-state index contributed by atoms with van der Waals surface area (Å²) in [5.41, 5.74) is 1.33. The predicted molar refractivity (Wildman–Crippen MR) is 83.7 cm³/mol. The summed E-state index contributed by atoms with van der Waals surface area (Å²) in [6.45, 7) is 11.2. The number of allylic oxidation sites excluding steroid dienone is 1. The van der Waals surface area contributed by atoms with E-state index in [0.717, 1.165) is 6.42 Å². The molecule has 0 radical (unpaired) electrons. The Morgan fingerprint density at radius 3 is 2.40 bits per heavy atom. The first-order valence-electron chi connectivity index (χ1n) is 8.03. The number of carbonyl (C=O) groups excluding carboxylic acids is 1. The highest BCUT2D eigenvalue weighted by molar-refractivity contribution is 5.66. The highest BCUT2D eigenvalue weighted by Crippen LogP contribution is 2.22. The molecule has 116 valence electrons. The van der Waals surface area contributed by atoms with Crippen molar-refractivity contribution < 1.29 is 9.53 Å². The van der Waals surface area contributed by atoms with Gasteiger partial charge in [-0.15, -0.1) is 0 Å². The first-order valence-corrected chi connectivity index (χ1v) is 8.03. The minimum Gasteiger partial charge on any atom is -0.462 e. The third kappa shape index (κ3) is 6.56. The molecule has 1 unspecified atom stereocenters. The smallest absolute Gasteiger partial charge is 0.302 e. The van der Waals surface area contributed by atoms with Crippen LogP contribution in [0.4, 0.5) is 0 Å². The van der Waals surface area contributed by atoms with Crippen molar-refractivity contribution >= 4 is 5.97 Å². The zero-order valence-corrected chi connectivity index (χ0v) is 13.7. The molecule has 1 saturated heterocycles. The second-order valence-corrected chi connectivity index (χ2v) is 6.30. The number of hydrogen-bond donors (Lipinski definition) is 0. The fraction of sp³-hybridized carbons (Fsp3) is 0.824. The zero-order valence-electron chi connectivity index (χ0n) is 13.7. The van der Waals surface area contributed by atoms with E-state index >= 15 is 0 Å². The summed E-state index contributed by atoms with van der Waals surface area (Å²) in [5.74, 6) is 0.497. The van der Waals surface area contributed by atoms with Crippen molar-refractivity contribution in [3.05, 3.63) is 11.6 Å². The molecule has 0 aliphatic carbocycles. The topological polar surface area (TPSA) is 29.5 Å². The summed E-state index contributed by atoms with van der Waals surface area (Å²) in [5, 5.41) is 0. The largest absolute Gasteiger partial charge is 0.462 e. The van der Waals surface area contributed by atoms with Crippen molar-refractivity contribution in [2.24, 2.45) is 5.92 Å². The Labute approximate surface area is 124 Å². The van der Waals surface area contributed by atoms with Crippen LogP contribution >= 0.6 is 0 Å². The van der Waals surface area contributed by atoms with Crippen LogP contribution in [-0.2, 0) is 9.53 Å². The van der Waals surface area contributed by atoms with Crippen molar-refractivity contribution in [3.8, 4) is 0 Å². The summed E-state index contributed by atoms with van der Waals surface area (Å²) in [6, 6.07) is 0.687. The van der Waals surface area contributed by atoms with E-state index in [1.807, 2.05) is 6.08 Å². The SMILES string of the molecule is CC(=O)OC/C=C(\C)CCC(C(C)C)N1CCCCC1. The second kappa shape index (κ2) is 9.17. The number of esters is 1. The molecule has 0 aromatic heterocycles. The Morgan fingerprint density at radius 2 is 1.85 bits per heavy atom. The van der Waals surface area contributed by atoms with E-state index in [-0.39, 0.29) is 5.97 Å². The van der Waals surface area contributed by atoms with Crippen molar-refractivity contribution in [2.75, 3.05) is 19.7 Å². The van der Waals surface area contributed by atoms with Gasteiger partial charge in [0.2, 0.25) is 0 Å². The average Bonchev–Trinajstić information content (AvgIpc) is 2.39. The lowest BCUT2D eigenvalue weighted by Gasteiger charge is -2.37. The second-order valence-electron chi connectivity index (χ2n) is 6.30. The minimum atomic E-state index is -0.206. The van der Waals surface area contributed by atoms with E-state index in [9.17, 15) is 4.79 Å². The molecule has 3 heteroatoms. The molecular weight excluding hydrogens is 250 g/mol. The summed E-state index contributed by atoms with van der Waals surface area (Å²) in [4.78, 5) is 13.4. The van der Waals surface area contributed by atoms with E-state index in [0.29, 0.717) is 18.6 Å². The van der Waals surface area contributed by atoms with Gasteiger partial charge in [0.25, 0.3) is 0 Å². The quantitative estimate of drug-likeness (QED) is 0.525. The minimum absolute atomic E-state index is 0.206. The van der Waals surface area contributed by atoms with Crippen molar-refractivity contribution in [1.29, 1.82) is 0 Å². The van der Waals surface area contributed by atoms with Gasteiger partial charge >= 0.3 is 5.97 Å². The molecule has 1 atom stereocenters. The van der Waals surface area contributed by atoms with Gasteiger partial charge in [-0.1, -0.05) is 25.8 Å². The fourth-order valence-corrected chi connectivity index (χ4v) is 2.97. The fourth-order valence-electron chi connectivity index (χ4n) is 2.97. The zero-order chi connectivity index (χ0) is 15.0. The predicted octanol–water partition coefficient (Wildman–Crippen LogP) is 3.79. The van der Waals surface area contributed by atoms with E-state index in [4.69, 9.17) is 4.74 Å². The Kier molecular flexibility index (Phi) is 7.90. The maximum atomic E-state index is 10.7. The highest BCUT2D eigenvalue weighted by Gasteiger charge is 2.22. The molecule has 20 heavy (non-hydrogen) atoms. The molecule has 1 heterocycles. The molecule has 0 amide bonds. The van der Waals surface area contributed by atoms with Crippen LogP contribution in [0.5, 0.6) is 0 Å². The molecule has 1 fully saturated rings. The van der Waals surface area contributed by atoms with Crippen LogP contribution in [-0.4, -0.2) is 36.6 Å². The lowest BCUT2D eigenvalue weighted by atomic mass is 9.93. The van der Waals surface area contributed by atoms with E-state index in [1.54, 1.807) is 0 Å². The van der Waals surface area contributed by atoms with Gasteiger partial charge in [0.1, 0.15) is 6.61 Å². The molecule has 0 spiro atoms. The summed E-state index contributed by atoms with van der Waals surface area (Å²) < 4.78 is 4.96. The number of likely N-dealkylation sites (tertiary alicyclic amines) is 1. The molecule has 0 N–H and O–H groups in total. The first kappa shape index (κ1) is 17.2. The van der Waals surface area contributed by atoms with Gasteiger partial charge in [-0.25, -0.2) is 0 Å². The van der Waals surface area contributed by atoms with Crippen LogP contribution in [0.15, 0.2) is 11.6 Å². The van der Waals surface area contributed by atoms with E-state index in [1.165, 1.54) is 51.3 Å². The van der Waals surface area contributed by atoms with Crippen molar-refractivity contribution in [1.82, 2.24) is 4.90 Å². The van der Waals surface area contributed by atoms with Gasteiger partial charge in [-0.3, -0.25) is 4.79 Å². The first-order chi connectivity index (χ1) is 9.50. The van der Waals surface area contributed by atoms with Gasteiger partial charge in [0, 0.05) is 13.0 Å². The van der Waals surface area contributed by atoms with Crippen molar-refractivity contribution in [3.63, 3.8) is 0 Å². The average molecular weight is 281 g/mol. The van der Waals surface area contributed by atoms with E-state index in [2.05, 4.69) is 25.7 Å². The molecule has 1 aliphatic heterocycles. The van der Waals surface area contributed by atoms with Gasteiger partial charge in [-0.05, 0) is 57.7 Å². The Hall–Kier alpha value is -0.830. The number of rotatable bonds is 7. The summed E-state index contributed by atoms with van der Waals surface area (Å²) in [7, 11) is 0. The molecular formula is C17H31NO2. The molecule has 3 nitrogen and oxygen atoms in total. The van der Waals surface area contributed by atoms with Crippen molar-refractivity contribution in [2.45, 2.75) is 65.8 Å².